The summed E-state index contributed by atoms with van der Waals surface area (Å²) in [5, 5.41) is 9.48. The summed E-state index contributed by atoms with van der Waals surface area (Å²) in [5.74, 6) is 0.941. The lowest BCUT2D eigenvalue weighted by atomic mass is 9.81. The minimum absolute atomic E-state index is 0.248. The largest absolute Gasteiger partial charge is 0.481 e. The first-order valence-electron chi connectivity index (χ1n) is 13.1. The lowest BCUT2D eigenvalue weighted by Crippen LogP contribution is -2.35. The molecule has 0 unspecified atom stereocenters. The summed E-state index contributed by atoms with van der Waals surface area (Å²) in [6.07, 6.45) is 6.92. The molecule has 8 heteroatoms. The number of nitrogens with zero attached hydrogens (tertiary/aromatic N) is 3. The van der Waals surface area contributed by atoms with Crippen molar-refractivity contribution in [3.8, 4) is 0 Å². The van der Waals surface area contributed by atoms with E-state index in [2.05, 4.69) is 23.6 Å². The first-order valence-corrected chi connectivity index (χ1v) is 13.1. The summed E-state index contributed by atoms with van der Waals surface area (Å²) in [4.78, 5) is 30.8. The van der Waals surface area contributed by atoms with E-state index in [-0.39, 0.29) is 24.0 Å². The number of benzene rings is 1. The zero-order valence-corrected chi connectivity index (χ0v) is 20.9. The Morgan fingerprint density at radius 1 is 1.23 bits per heavy atom. The van der Waals surface area contributed by atoms with Gasteiger partial charge in [0.25, 0.3) is 0 Å². The molecule has 2 atom stereocenters. The van der Waals surface area contributed by atoms with Crippen molar-refractivity contribution in [2.45, 2.75) is 76.8 Å². The van der Waals surface area contributed by atoms with E-state index in [1.165, 1.54) is 19.1 Å². The van der Waals surface area contributed by atoms with Gasteiger partial charge in [-0.25, -0.2) is 9.78 Å². The molecule has 1 amide bonds. The molecule has 35 heavy (non-hydrogen) atoms. The van der Waals surface area contributed by atoms with E-state index in [0.29, 0.717) is 31.8 Å². The third kappa shape index (κ3) is 4.77. The van der Waals surface area contributed by atoms with E-state index in [1.807, 2.05) is 0 Å². The van der Waals surface area contributed by atoms with Gasteiger partial charge in [0.2, 0.25) is 0 Å². The van der Waals surface area contributed by atoms with Crippen molar-refractivity contribution in [3.63, 3.8) is 0 Å². The summed E-state index contributed by atoms with van der Waals surface area (Å²) >= 11 is 0. The van der Waals surface area contributed by atoms with Crippen LogP contribution < -0.4 is 0 Å². The van der Waals surface area contributed by atoms with Gasteiger partial charge in [0.15, 0.2) is 0 Å². The van der Waals surface area contributed by atoms with Crippen LogP contribution in [0.3, 0.4) is 0 Å². The molecule has 8 nitrogen and oxygen atoms in total. The predicted molar refractivity (Wildman–Crippen MR) is 131 cm³/mol. The molecule has 0 bridgehead atoms. The van der Waals surface area contributed by atoms with E-state index in [1.54, 1.807) is 4.90 Å². The van der Waals surface area contributed by atoms with Crippen LogP contribution in [0.4, 0.5) is 4.79 Å². The first-order chi connectivity index (χ1) is 17.0. The van der Waals surface area contributed by atoms with Crippen LogP contribution in [0.15, 0.2) is 12.1 Å². The van der Waals surface area contributed by atoms with Gasteiger partial charge in [-0.05, 0) is 75.8 Å². The number of amides is 1. The van der Waals surface area contributed by atoms with E-state index in [0.717, 1.165) is 67.7 Å². The molecule has 0 spiro atoms. The molecule has 1 saturated heterocycles. The van der Waals surface area contributed by atoms with Crippen LogP contribution in [0.2, 0.25) is 0 Å². The van der Waals surface area contributed by atoms with Gasteiger partial charge in [0, 0.05) is 37.3 Å². The Bertz CT molecular complexity index is 1080. The number of carboxylic acid groups (broad SMARTS) is 1. The molecular formula is C27H37N3O5. The van der Waals surface area contributed by atoms with Crippen molar-refractivity contribution in [3.05, 3.63) is 29.1 Å². The van der Waals surface area contributed by atoms with E-state index >= 15 is 0 Å². The highest BCUT2D eigenvalue weighted by Crippen LogP contribution is 2.40. The summed E-state index contributed by atoms with van der Waals surface area (Å²) in [7, 11) is 1.43. The van der Waals surface area contributed by atoms with Gasteiger partial charge in [-0.15, -0.1) is 0 Å². The van der Waals surface area contributed by atoms with Crippen molar-refractivity contribution >= 4 is 23.1 Å². The molecule has 5 rings (SSSR count). The third-order valence-corrected chi connectivity index (χ3v) is 8.34. The maximum atomic E-state index is 12.3. The highest BCUT2D eigenvalue weighted by Gasteiger charge is 2.33. The summed E-state index contributed by atoms with van der Waals surface area (Å²) in [5.41, 5.74) is 4.47. The van der Waals surface area contributed by atoms with Crippen molar-refractivity contribution in [1.29, 1.82) is 0 Å². The maximum absolute atomic E-state index is 12.3. The molecule has 1 saturated carbocycles. The highest BCUT2D eigenvalue weighted by molar-refractivity contribution is 5.82. The average Bonchev–Trinajstić information content (AvgIpc) is 3.29. The van der Waals surface area contributed by atoms with E-state index < -0.39 is 5.97 Å². The van der Waals surface area contributed by atoms with Gasteiger partial charge in [0.1, 0.15) is 5.82 Å². The van der Waals surface area contributed by atoms with Crippen LogP contribution in [-0.2, 0) is 27.2 Å². The van der Waals surface area contributed by atoms with Crippen LogP contribution in [0.5, 0.6) is 0 Å². The van der Waals surface area contributed by atoms with Crippen molar-refractivity contribution in [1.82, 2.24) is 14.5 Å². The number of carboxylic acids is 1. The SMILES string of the molecule is COC(=O)N1CCc2ccc3c(nc(C4CCC(C(=O)O)CC4)n3[C@H](C)C[C@H]3CCCOC3)c2C1. The van der Waals surface area contributed by atoms with Gasteiger partial charge >= 0.3 is 12.1 Å². The summed E-state index contributed by atoms with van der Waals surface area (Å²) < 4.78 is 13.2. The van der Waals surface area contributed by atoms with E-state index in [4.69, 9.17) is 14.5 Å². The molecule has 190 valence electrons. The lowest BCUT2D eigenvalue weighted by molar-refractivity contribution is -0.142. The first kappa shape index (κ1) is 24.1. The number of carbonyl (C=O) groups is 2. The molecule has 1 aromatic heterocycles. The van der Waals surface area contributed by atoms with Crippen molar-refractivity contribution in [2.24, 2.45) is 11.8 Å². The molecule has 1 aromatic carbocycles. The van der Waals surface area contributed by atoms with E-state index in [9.17, 15) is 14.7 Å². The maximum Gasteiger partial charge on any atom is 0.409 e. The molecule has 2 fully saturated rings. The van der Waals surface area contributed by atoms with Crippen LogP contribution in [0, 0.1) is 11.8 Å². The normalized spacial score (nSPS) is 25.8. The van der Waals surface area contributed by atoms with Crippen molar-refractivity contribution in [2.75, 3.05) is 26.9 Å². The number of carbonyl (C=O) groups excluding carboxylic acids is 1. The Kier molecular flexibility index (Phi) is 7.00. The van der Waals surface area contributed by atoms with Crippen LogP contribution in [0.25, 0.3) is 11.0 Å². The molecule has 1 N–H and O–H groups in total. The van der Waals surface area contributed by atoms with Crippen LogP contribution in [-0.4, -0.2) is 58.5 Å². The number of hydrogen-bond donors (Lipinski definition) is 1. The standard InChI is InChI=1S/C27H37N3O5/c1-17(14-18-4-3-13-35-16-18)30-23-10-9-19-11-12-29(27(33)34-2)15-22(19)24(23)28-25(30)20-5-7-21(8-6-20)26(31)32/h9-10,17-18,20-21H,3-8,11-16H2,1-2H3,(H,31,32)/t17-,18-,20?,21?/m1/s1. The Hall–Kier alpha value is -2.61. The highest BCUT2D eigenvalue weighted by atomic mass is 16.5. The topological polar surface area (TPSA) is 93.9 Å². The molecular weight excluding hydrogens is 446 g/mol. The van der Waals surface area contributed by atoms with Gasteiger partial charge in [-0.1, -0.05) is 6.07 Å². The Morgan fingerprint density at radius 2 is 2.03 bits per heavy atom. The minimum atomic E-state index is -0.681. The molecule has 3 aliphatic rings. The van der Waals surface area contributed by atoms with Crippen molar-refractivity contribution < 1.29 is 24.2 Å². The second-order valence-corrected chi connectivity index (χ2v) is 10.6. The molecule has 0 radical (unpaired) electrons. The zero-order valence-electron chi connectivity index (χ0n) is 20.9. The Balaban J connectivity index is 1.52. The number of rotatable bonds is 5. The average molecular weight is 484 g/mol. The fourth-order valence-corrected chi connectivity index (χ4v) is 6.43. The van der Waals surface area contributed by atoms with Crippen LogP contribution in [0.1, 0.15) is 80.8 Å². The number of aliphatic carboxylic acids is 1. The minimum Gasteiger partial charge on any atom is -0.481 e. The quantitative estimate of drug-likeness (QED) is 0.650. The second-order valence-electron chi connectivity index (χ2n) is 10.6. The number of fused-ring (bicyclic) bond motifs is 3. The lowest BCUT2D eigenvalue weighted by Gasteiger charge is -2.30. The number of ether oxygens (including phenoxy) is 2. The molecule has 1 aliphatic carbocycles. The Morgan fingerprint density at radius 3 is 2.71 bits per heavy atom. The third-order valence-electron chi connectivity index (χ3n) is 8.34. The Labute approximate surface area is 206 Å². The van der Waals surface area contributed by atoms with Crippen LogP contribution >= 0.6 is 0 Å². The second kappa shape index (κ2) is 10.2. The smallest absolute Gasteiger partial charge is 0.409 e. The number of aromatic nitrogens is 2. The number of imidazole rings is 1. The summed E-state index contributed by atoms with van der Waals surface area (Å²) in [6, 6.07) is 4.67. The zero-order chi connectivity index (χ0) is 24.5. The molecule has 3 heterocycles. The van der Waals surface area contributed by atoms with Gasteiger partial charge in [-0.2, -0.15) is 0 Å². The van der Waals surface area contributed by atoms with Gasteiger partial charge in [0.05, 0.1) is 30.6 Å². The predicted octanol–water partition coefficient (Wildman–Crippen LogP) is 4.90. The molecule has 2 aromatic rings. The fraction of sp³-hybridized carbons (Fsp3) is 0.667. The fourth-order valence-electron chi connectivity index (χ4n) is 6.43. The van der Waals surface area contributed by atoms with Gasteiger partial charge in [-0.3, -0.25) is 4.79 Å². The summed E-state index contributed by atoms with van der Waals surface area (Å²) in [6.45, 7) is 5.12. The number of hydrogen-bond acceptors (Lipinski definition) is 5. The van der Waals surface area contributed by atoms with Gasteiger partial charge < -0.3 is 24.0 Å². The molecule has 2 aliphatic heterocycles. The number of methoxy groups -OCH3 is 1. The monoisotopic (exact) mass is 483 g/mol.